The maximum absolute atomic E-state index is 13.3. The molecule has 0 spiro atoms. The first-order valence-corrected chi connectivity index (χ1v) is 11.3. The van der Waals surface area contributed by atoms with Gasteiger partial charge in [0.15, 0.2) is 11.5 Å². The predicted molar refractivity (Wildman–Crippen MR) is 119 cm³/mol. The van der Waals surface area contributed by atoms with E-state index in [1.54, 1.807) is 41.8 Å². The zero-order chi connectivity index (χ0) is 22.5. The number of carbonyl (C=O) groups excluding carboxylic acids is 3. The number of para-hydroxylation sites is 1. The zero-order valence-electron chi connectivity index (χ0n) is 17.8. The number of anilines is 1. The van der Waals surface area contributed by atoms with E-state index in [2.05, 4.69) is 12.2 Å². The molecule has 1 N–H and O–H groups in total. The van der Waals surface area contributed by atoms with Crippen molar-refractivity contribution in [2.75, 3.05) is 24.8 Å². The molecule has 0 unspecified atom stereocenters. The van der Waals surface area contributed by atoms with Crippen LogP contribution in [-0.4, -0.2) is 47.9 Å². The summed E-state index contributed by atoms with van der Waals surface area (Å²) in [7, 11) is 0. The van der Waals surface area contributed by atoms with Gasteiger partial charge in [0.25, 0.3) is 5.91 Å². The molecule has 1 fully saturated rings. The molecule has 0 aliphatic carbocycles. The first-order chi connectivity index (χ1) is 15.4. The standard InChI is InChI=1S/C23H23N3O5S/c1-14-9-10-25(16-5-3-4-6-19(16)32-14)20(27)12-26-21(28)23(2,24-22(26)29)15-7-8-17-18(11-15)31-13-30-17/h3-8,11,14H,9-10,12-13H2,1-2H3,(H,24,29)/t14-,23+/m1/s1. The van der Waals surface area contributed by atoms with Gasteiger partial charge in [-0.25, -0.2) is 4.79 Å². The highest BCUT2D eigenvalue weighted by Crippen LogP contribution is 2.39. The van der Waals surface area contributed by atoms with Crippen molar-refractivity contribution in [3.8, 4) is 11.5 Å². The SMILES string of the molecule is C[C@@H]1CCN(C(=O)CN2C(=O)N[C@@](C)(c3ccc4c(c3)OCO4)C2=O)c2ccccc2S1. The number of hydrogen-bond acceptors (Lipinski definition) is 6. The van der Waals surface area contributed by atoms with Gasteiger partial charge in [0, 0.05) is 16.7 Å². The van der Waals surface area contributed by atoms with Crippen LogP contribution in [0.5, 0.6) is 11.5 Å². The van der Waals surface area contributed by atoms with Gasteiger partial charge in [-0.1, -0.05) is 25.1 Å². The lowest BCUT2D eigenvalue weighted by Crippen LogP contribution is -2.45. The Bertz CT molecular complexity index is 1120. The monoisotopic (exact) mass is 453 g/mol. The van der Waals surface area contributed by atoms with Crippen molar-refractivity contribution in [1.29, 1.82) is 0 Å². The van der Waals surface area contributed by atoms with Crippen molar-refractivity contribution in [2.24, 2.45) is 0 Å². The number of benzene rings is 2. The summed E-state index contributed by atoms with van der Waals surface area (Å²) >= 11 is 1.73. The molecule has 0 aromatic heterocycles. The number of rotatable bonds is 3. The Labute approximate surface area is 189 Å². The summed E-state index contributed by atoms with van der Waals surface area (Å²) in [6, 6.07) is 12.3. The Morgan fingerprint density at radius 1 is 1.19 bits per heavy atom. The molecule has 2 aromatic rings. The van der Waals surface area contributed by atoms with E-state index in [1.807, 2.05) is 24.3 Å². The van der Waals surface area contributed by atoms with Crippen LogP contribution < -0.4 is 19.7 Å². The van der Waals surface area contributed by atoms with Crippen LogP contribution in [0.3, 0.4) is 0 Å². The average Bonchev–Trinajstić information content (AvgIpc) is 3.27. The summed E-state index contributed by atoms with van der Waals surface area (Å²) < 4.78 is 10.7. The van der Waals surface area contributed by atoms with Crippen LogP contribution >= 0.6 is 11.8 Å². The maximum Gasteiger partial charge on any atom is 0.325 e. The third-order valence-electron chi connectivity index (χ3n) is 6.06. The Morgan fingerprint density at radius 2 is 1.97 bits per heavy atom. The van der Waals surface area contributed by atoms with Crippen molar-refractivity contribution >= 4 is 35.3 Å². The first kappa shape index (κ1) is 20.7. The van der Waals surface area contributed by atoms with Gasteiger partial charge < -0.3 is 19.7 Å². The fourth-order valence-corrected chi connectivity index (χ4v) is 5.32. The first-order valence-electron chi connectivity index (χ1n) is 10.5. The minimum atomic E-state index is -1.29. The molecule has 2 aromatic carbocycles. The van der Waals surface area contributed by atoms with Crippen molar-refractivity contribution in [3.63, 3.8) is 0 Å². The third kappa shape index (κ3) is 3.37. The van der Waals surface area contributed by atoms with E-state index in [0.717, 1.165) is 21.9 Å². The van der Waals surface area contributed by atoms with Crippen LogP contribution in [0.1, 0.15) is 25.8 Å². The molecule has 0 bridgehead atoms. The minimum Gasteiger partial charge on any atom is -0.454 e. The lowest BCUT2D eigenvalue weighted by atomic mass is 9.91. The van der Waals surface area contributed by atoms with Crippen LogP contribution in [0, 0.1) is 0 Å². The second-order valence-corrected chi connectivity index (χ2v) is 9.73. The van der Waals surface area contributed by atoms with Crippen molar-refractivity contribution in [2.45, 2.75) is 36.0 Å². The van der Waals surface area contributed by atoms with Gasteiger partial charge in [0.05, 0.1) is 5.69 Å². The molecule has 3 heterocycles. The molecular weight excluding hydrogens is 430 g/mol. The van der Waals surface area contributed by atoms with E-state index in [4.69, 9.17) is 9.47 Å². The number of ether oxygens (including phenoxy) is 2. The van der Waals surface area contributed by atoms with Gasteiger partial charge in [-0.3, -0.25) is 14.5 Å². The molecule has 3 aliphatic heterocycles. The molecule has 2 atom stereocenters. The average molecular weight is 454 g/mol. The van der Waals surface area contributed by atoms with Crippen LogP contribution in [0.2, 0.25) is 0 Å². The van der Waals surface area contributed by atoms with E-state index in [1.165, 1.54) is 0 Å². The highest BCUT2D eigenvalue weighted by Gasteiger charge is 2.50. The Hall–Kier alpha value is -3.20. The van der Waals surface area contributed by atoms with Gasteiger partial charge in [-0.2, -0.15) is 0 Å². The molecule has 3 aliphatic rings. The van der Waals surface area contributed by atoms with Crippen molar-refractivity contribution in [1.82, 2.24) is 10.2 Å². The van der Waals surface area contributed by atoms with E-state index < -0.39 is 17.5 Å². The molecule has 8 nitrogen and oxygen atoms in total. The van der Waals surface area contributed by atoms with Crippen LogP contribution in [-0.2, 0) is 15.1 Å². The highest BCUT2D eigenvalue weighted by atomic mass is 32.2. The number of fused-ring (bicyclic) bond motifs is 2. The normalized spacial score (nSPS) is 24.2. The number of nitrogens with one attached hydrogen (secondary N) is 1. The Morgan fingerprint density at radius 3 is 2.81 bits per heavy atom. The number of amides is 4. The molecule has 32 heavy (non-hydrogen) atoms. The van der Waals surface area contributed by atoms with Gasteiger partial charge >= 0.3 is 6.03 Å². The predicted octanol–water partition coefficient (Wildman–Crippen LogP) is 3.10. The summed E-state index contributed by atoms with van der Waals surface area (Å²) in [4.78, 5) is 43.0. The molecule has 0 radical (unpaired) electrons. The quantitative estimate of drug-likeness (QED) is 0.719. The topological polar surface area (TPSA) is 88.2 Å². The number of hydrogen-bond donors (Lipinski definition) is 1. The number of urea groups is 1. The smallest absolute Gasteiger partial charge is 0.325 e. The van der Waals surface area contributed by atoms with Gasteiger partial charge in [0.2, 0.25) is 12.7 Å². The van der Waals surface area contributed by atoms with E-state index in [9.17, 15) is 14.4 Å². The molecular formula is C23H23N3O5S. The number of carbonyl (C=O) groups is 3. The lowest BCUT2D eigenvalue weighted by Gasteiger charge is -2.25. The number of nitrogens with zero attached hydrogens (tertiary/aromatic N) is 2. The third-order valence-corrected chi connectivity index (χ3v) is 7.30. The largest absolute Gasteiger partial charge is 0.454 e. The number of thioether (sulfide) groups is 1. The second-order valence-electron chi connectivity index (χ2n) is 8.24. The number of imide groups is 1. The van der Waals surface area contributed by atoms with E-state index in [-0.39, 0.29) is 19.2 Å². The molecule has 1 saturated heterocycles. The van der Waals surface area contributed by atoms with Crippen molar-refractivity contribution < 1.29 is 23.9 Å². The fourth-order valence-electron chi connectivity index (χ4n) is 4.21. The summed E-state index contributed by atoms with van der Waals surface area (Å²) in [5.41, 5.74) is 0.0946. The molecule has 9 heteroatoms. The van der Waals surface area contributed by atoms with Gasteiger partial charge in [-0.15, -0.1) is 11.8 Å². The Kier molecular flexibility index (Phi) is 5.00. The van der Waals surface area contributed by atoms with Crippen LogP contribution in [0.4, 0.5) is 10.5 Å². The lowest BCUT2D eigenvalue weighted by molar-refractivity contribution is -0.134. The minimum absolute atomic E-state index is 0.116. The molecule has 166 valence electrons. The van der Waals surface area contributed by atoms with Crippen LogP contribution in [0.25, 0.3) is 0 Å². The van der Waals surface area contributed by atoms with Gasteiger partial charge in [-0.05, 0) is 43.2 Å². The summed E-state index contributed by atoms with van der Waals surface area (Å²) in [6.45, 7) is 4.09. The summed E-state index contributed by atoms with van der Waals surface area (Å²) in [6.07, 6.45) is 0.820. The van der Waals surface area contributed by atoms with Crippen LogP contribution in [0.15, 0.2) is 47.4 Å². The fraction of sp³-hybridized carbons (Fsp3) is 0.348. The zero-order valence-corrected chi connectivity index (χ0v) is 18.6. The summed E-state index contributed by atoms with van der Waals surface area (Å²) in [5.74, 6) is 0.354. The molecule has 5 rings (SSSR count). The molecule has 0 saturated carbocycles. The highest BCUT2D eigenvalue weighted by molar-refractivity contribution is 8.00. The maximum atomic E-state index is 13.3. The second kappa shape index (κ2) is 7.74. The van der Waals surface area contributed by atoms with Crippen molar-refractivity contribution in [3.05, 3.63) is 48.0 Å². The van der Waals surface area contributed by atoms with E-state index in [0.29, 0.717) is 28.9 Å². The van der Waals surface area contributed by atoms with Gasteiger partial charge in [0.1, 0.15) is 12.1 Å². The molecule has 4 amide bonds. The Balaban J connectivity index is 1.39. The summed E-state index contributed by atoms with van der Waals surface area (Å²) in [5, 5.41) is 3.11. The van der Waals surface area contributed by atoms with E-state index >= 15 is 0 Å².